The van der Waals surface area contributed by atoms with Crippen molar-refractivity contribution in [1.29, 1.82) is 0 Å². The number of hydrazine groups is 1. The van der Waals surface area contributed by atoms with E-state index in [1.807, 2.05) is 31.3 Å². The molecule has 288 valence electrons. The van der Waals surface area contributed by atoms with Crippen molar-refractivity contribution in [3.63, 3.8) is 0 Å². The summed E-state index contributed by atoms with van der Waals surface area (Å²) < 4.78 is 82.0. The van der Waals surface area contributed by atoms with Gasteiger partial charge in [0.1, 0.15) is 0 Å². The van der Waals surface area contributed by atoms with Gasteiger partial charge in [0.05, 0.1) is 17.7 Å². The second kappa shape index (κ2) is 20.7. The van der Waals surface area contributed by atoms with Gasteiger partial charge in [-0.1, -0.05) is 18.2 Å². The zero-order valence-corrected chi connectivity index (χ0v) is 28.4. The van der Waals surface area contributed by atoms with Gasteiger partial charge in [-0.05, 0) is 36.9 Å². The van der Waals surface area contributed by atoms with E-state index in [0.717, 1.165) is 16.5 Å². The van der Waals surface area contributed by atoms with Crippen LogP contribution in [-0.4, -0.2) is 129 Å². The van der Waals surface area contributed by atoms with Crippen LogP contribution in [0.3, 0.4) is 0 Å². The Kier molecular flexibility index (Phi) is 21.2. The molecule has 2 aromatic carbocycles. The van der Waals surface area contributed by atoms with Crippen molar-refractivity contribution in [2.75, 3.05) is 59.4 Å². The Balaban J connectivity index is -0.00000316. The van der Waals surface area contributed by atoms with E-state index in [0.29, 0.717) is 51.4 Å². The van der Waals surface area contributed by atoms with E-state index in [1.165, 1.54) is 9.91 Å². The highest BCUT2D eigenvalue weighted by Gasteiger charge is 2.42. The standard InChI is InChI=1S/C29H32F6N6O2.2ClH.5H2O/c1-38-10-12-40(13-11-38)41(18-20-17-37-24-5-3-2-4-23(20)24)27(43)25(39-8-6-36-7-9-39)26(42)19-14-21(28(30,31)32)16-22(15-19)29(33,34)35;;;;;;;/h2-5,14-17,25,36-37H,6-13,18H2,1H3;2*1H;5*1H2. The summed E-state index contributed by atoms with van der Waals surface area (Å²) in [5.74, 6) is -1.81. The molecule has 21 heteroatoms. The maximum Gasteiger partial charge on any atom is 0.416 e. The van der Waals surface area contributed by atoms with Gasteiger partial charge < -0.3 is 42.6 Å². The number of carbonyl (C=O) groups excluding carboxylic acids is 2. The van der Waals surface area contributed by atoms with Crippen molar-refractivity contribution in [1.82, 2.24) is 30.1 Å². The van der Waals surface area contributed by atoms with E-state index < -0.39 is 46.8 Å². The minimum Gasteiger partial charge on any atom is -0.412 e. The number of carbonyl (C=O) groups is 2. The number of H-pyrrole nitrogens is 1. The minimum absolute atomic E-state index is 0. The van der Waals surface area contributed by atoms with Gasteiger partial charge in [0.2, 0.25) is 0 Å². The van der Waals surface area contributed by atoms with Crippen LogP contribution in [0.2, 0.25) is 0 Å². The van der Waals surface area contributed by atoms with Gasteiger partial charge in [0.25, 0.3) is 5.91 Å². The highest BCUT2D eigenvalue weighted by Crippen LogP contribution is 2.37. The molecule has 3 heterocycles. The second-order valence-electron chi connectivity index (χ2n) is 10.9. The first-order valence-electron chi connectivity index (χ1n) is 13.9. The molecule has 2 aliphatic heterocycles. The van der Waals surface area contributed by atoms with Crippen molar-refractivity contribution >= 4 is 47.4 Å². The number of nitrogens with zero attached hydrogens (tertiary/aromatic N) is 4. The number of nitrogens with one attached hydrogen (secondary N) is 2. The monoisotopic (exact) mass is 772 g/mol. The third-order valence-electron chi connectivity index (χ3n) is 7.94. The third kappa shape index (κ3) is 11.5. The van der Waals surface area contributed by atoms with Gasteiger partial charge in [0.15, 0.2) is 11.8 Å². The maximum atomic E-state index is 14.5. The fraction of sp³-hybridized carbons (Fsp3) is 0.448. The number of fused-ring (bicyclic) bond motifs is 1. The fourth-order valence-corrected chi connectivity index (χ4v) is 5.55. The number of alkyl halides is 6. The molecule has 13 nitrogen and oxygen atoms in total. The van der Waals surface area contributed by atoms with Gasteiger partial charge in [-0.15, -0.1) is 24.8 Å². The van der Waals surface area contributed by atoms with Crippen molar-refractivity contribution in [3.05, 3.63) is 70.9 Å². The van der Waals surface area contributed by atoms with Crippen LogP contribution in [0.25, 0.3) is 10.9 Å². The highest BCUT2D eigenvalue weighted by molar-refractivity contribution is 6.13. The number of halogens is 8. The molecule has 0 saturated carbocycles. The van der Waals surface area contributed by atoms with Gasteiger partial charge in [-0.2, -0.15) is 26.3 Å². The van der Waals surface area contributed by atoms with Crippen LogP contribution in [-0.2, 0) is 23.7 Å². The molecule has 1 unspecified atom stereocenters. The number of aromatic nitrogens is 1. The lowest BCUT2D eigenvalue weighted by Gasteiger charge is -2.43. The number of likely N-dealkylation sites (N-methyl/N-ethyl adjacent to an activating group) is 1. The average molecular weight is 774 g/mol. The number of para-hydroxylation sites is 1. The van der Waals surface area contributed by atoms with Crippen molar-refractivity contribution < 1.29 is 63.3 Å². The van der Waals surface area contributed by atoms with Crippen molar-refractivity contribution in [3.8, 4) is 0 Å². The smallest absolute Gasteiger partial charge is 0.412 e. The van der Waals surface area contributed by atoms with Gasteiger partial charge in [-0.25, -0.2) is 5.01 Å². The van der Waals surface area contributed by atoms with Crippen LogP contribution in [0.1, 0.15) is 27.0 Å². The van der Waals surface area contributed by atoms with E-state index >= 15 is 0 Å². The lowest BCUT2D eigenvalue weighted by molar-refractivity contribution is -0.158. The number of hydrogen-bond acceptors (Lipinski definition) is 6. The lowest BCUT2D eigenvalue weighted by Crippen LogP contribution is -2.62. The number of benzene rings is 2. The van der Waals surface area contributed by atoms with Crippen LogP contribution in [0.4, 0.5) is 26.3 Å². The normalized spacial score (nSPS) is 16.0. The van der Waals surface area contributed by atoms with E-state index in [-0.39, 0.29) is 77.9 Å². The maximum absolute atomic E-state index is 14.5. The van der Waals surface area contributed by atoms with Gasteiger partial charge in [0, 0.05) is 75.0 Å². The molecule has 2 aliphatic rings. The predicted octanol–water partition coefficient (Wildman–Crippen LogP) is 0.573. The number of piperazine rings is 2. The molecule has 2 fully saturated rings. The summed E-state index contributed by atoms with van der Waals surface area (Å²) in [5, 5.41) is 7.20. The fourth-order valence-electron chi connectivity index (χ4n) is 5.55. The summed E-state index contributed by atoms with van der Waals surface area (Å²) in [5.41, 5.74) is -2.43. The molecule has 5 rings (SSSR count). The molecule has 1 aromatic heterocycles. The Bertz CT molecular complexity index is 1450. The number of ketones is 1. The number of rotatable bonds is 7. The summed E-state index contributed by atoms with van der Waals surface area (Å²) in [6, 6.07) is 6.62. The Hall–Kier alpha value is -3.08. The molecule has 50 heavy (non-hydrogen) atoms. The van der Waals surface area contributed by atoms with Crippen LogP contribution >= 0.6 is 24.8 Å². The number of amides is 1. The van der Waals surface area contributed by atoms with Crippen LogP contribution < -0.4 is 5.32 Å². The third-order valence-corrected chi connectivity index (χ3v) is 7.94. The summed E-state index contributed by atoms with van der Waals surface area (Å²) in [6.45, 7) is 3.37. The molecule has 3 aromatic rings. The molecule has 1 atom stereocenters. The molecule has 12 N–H and O–H groups in total. The zero-order valence-electron chi connectivity index (χ0n) is 26.7. The topological polar surface area (TPSA) is 232 Å². The summed E-state index contributed by atoms with van der Waals surface area (Å²) >= 11 is 0. The van der Waals surface area contributed by atoms with Crippen LogP contribution in [0.15, 0.2) is 48.7 Å². The van der Waals surface area contributed by atoms with E-state index in [2.05, 4.69) is 15.2 Å². The predicted molar refractivity (Wildman–Crippen MR) is 179 cm³/mol. The highest BCUT2D eigenvalue weighted by atomic mass is 35.5. The van der Waals surface area contributed by atoms with E-state index in [9.17, 15) is 35.9 Å². The summed E-state index contributed by atoms with van der Waals surface area (Å²) in [4.78, 5) is 35.3. The van der Waals surface area contributed by atoms with Crippen molar-refractivity contribution in [2.45, 2.75) is 24.9 Å². The molecular formula is C29H44Cl2F6N6O7. The first-order chi connectivity index (χ1) is 20.3. The molecular weight excluding hydrogens is 729 g/mol. The Labute approximate surface area is 295 Å². The summed E-state index contributed by atoms with van der Waals surface area (Å²) in [6.07, 6.45) is -8.51. The molecule has 0 radical (unpaired) electrons. The summed E-state index contributed by atoms with van der Waals surface area (Å²) in [7, 11) is 1.93. The molecule has 2 saturated heterocycles. The first kappa shape index (κ1) is 51.3. The largest absolute Gasteiger partial charge is 0.416 e. The van der Waals surface area contributed by atoms with Crippen molar-refractivity contribution in [2.24, 2.45) is 0 Å². The molecule has 0 spiro atoms. The number of hydrogen-bond donors (Lipinski definition) is 2. The van der Waals surface area contributed by atoms with Crippen LogP contribution in [0.5, 0.6) is 0 Å². The molecule has 0 bridgehead atoms. The minimum atomic E-state index is -5.13. The quantitative estimate of drug-likeness (QED) is 0.198. The number of aromatic amines is 1. The molecule has 1 amide bonds. The Morgan fingerprint density at radius 1 is 0.800 bits per heavy atom. The van der Waals surface area contributed by atoms with Crippen LogP contribution in [0, 0.1) is 0 Å². The zero-order chi connectivity index (χ0) is 30.9. The lowest BCUT2D eigenvalue weighted by atomic mass is 9.96. The van der Waals surface area contributed by atoms with E-state index in [1.54, 1.807) is 11.2 Å². The number of Topliss-reactive ketones (excluding diaryl/α,β-unsaturated/α-hetero) is 1. The first-order valence-corrected chi connectivity index (χ1v) is 13.9. The van der Waals surface area contributed by atoms with E-state index in [4.69, 9.17) is 0 Å². The SMILES string of the molecule is CN1CCN(N(Cc2c[nH]c3ccccc23)C(=O)C(C(=O)c2cc(C(F)(F)F)cc(C(F)(F)F)c2)N2CCNCC2)CC1.Cl.Cl.O.O.O.O.O. The second-order valence-corrected chi connectivity index (χ2v) is 10.9. The van der Waals surface area contributed by atoms with Gasteiger partial charge >= 0.3 is 12.4 Å². The average Bonchev–Trinajstić information content (AvgIpc) is 3.38. The molecule has 0 aliphatic carbocycles. The Morgan fingerprint density at radius 2 is 1.32 bits per heavy atom. The Morgan fingerprint density at radius 3 is 1.84 bits per heavy atom. The van der Waals surface area contributed by atoms with Gasteiger partial charge in [-0.3, -0.25) is 19.5 Å².